The molecule has 1 aromatic heterocycles. The standard InChI is InChI=1S/C14H23N3O/c1-3-9-17(14(18)11-12(2)15)10-7-13-6-4-5-8-16-13/h4-6,8,12H,3,7,9-11,15H2,1-2H3. The first kappa shape index (κ1) is 14.6. The Morgan fingerprint density at radius 1 is 1.44 bits per heavy atom. The summed E-state index contributed by atoms with van der Waals surface area (Å²) in [6, 6.07) is 5.78. The van der Waals surface area contributed by atoms with Crippen LogP contribution in [0.25, 0.3) is 0 Å². The molecule has 4 nitrogen and oxygen atoms in total. The second-order valence-electron chi connectivity index (χ2n) is 4.63. The van der Waals surface area contributed by atoms with Crippen LogP contribution < -0.4 is 5.73 Å². The maximum absolute atomic E-state index is 12.0. The number of hydrogen-bond donors (Lipinski definition) is 1. The zero-order chi connectivity index (χ0) is 13.4. The summed E-state index contributed by atoms with van der Waals surface area (Å²) in [7, 11) is 0. The number of amides is 1. The molecule has 2 N–H and O–H groups in total. The zero-order valence-electron chi connectivity index (χ0n) is 11.3. The fourth-order valence-electron chi connectivity index (χ4n) is 1.83. The van der Waals surface area contributed by atoms with Crippen molar-refractivity contribution in [2.45, 2.75) is 39.2 Å². The lowest BCUT2D eigenvalue weighted by molar-refractivity contribution is -0.131. The fraction of sp³-hybridized carbons (Fsp3) is 0.571. The van der Waals surface area contributed by atoms with Crippen LogP contribution in [0.3, 0.4) is 0 Å². The minimum absolute atomic E-state index is 0.0771. The average molecular weight is 249 g/mol. The molecule has 1 heterocycles. The molecular formula is C14H23N3O. The van der Waals surface area contributed by atoms with Gasteiger partial charge in [-0.2, -0.15) is 0 Å². The predicted octanol–water partition coefficient (Wildman–Crippen LogP) is 1.60. The van der Waals surface area contributed by atoms with Crippen LogP contribution in [0.1, 0.15) is 32.4 Å². The van der Waals surface area contributed by atoms with Gasteiger partial charge in [0.25, 0.3) is 0 Å². The Hall–Kier alpha value is -1.42. The molecule has 0 spiro atoms. The monoisotopic (exact) mass is 249 g/mol. The van der Waals surface area contributed by atoms with Crippen LogP contribution in [0.5, 0.6) is 0 Å². The topological polar surface area (TPSA) is 59.2 Å². The van der Waals surface area contributed by atoms with Crippen molar-refractivity contribution in [3.05, 3.63) is 30.1 Å². The lowest BCUT2D eigenvalue weighted by atomic mass is 10.2. The fourth-order valence-corrected chi connectivity index (χ4v) is 1.83. The van der Waals surface area contributed by atoms with Gasteiger partial charge in [0.2, 0.25) is 5.91 Å². The molecule has 0 aliphatic heterocycles. The highest BCUT2D eigenvalue weighted by molar-refractivity contribution is 5.76. The second-order valence-corrected chi connectivity index (χ2v) is 4.63. The average Bonchev–Trinajstić information content (AvgIpc) is 2.34. The number of hydrogen-bond acceptors (Lipinski definition) is 3. The summed E-state index contributed by atoms with van der Waals surface area (Å²) in [6.07, 6.45) is 3.96. The summed E-state index contributed by atoms with van der Waals surface area (Å²) >= 11 is 0. The highest BCUT2D eigenvalue weighted by atomic mass is 16.2. The van der Waals surface area contributed by atoms with E-state index in [-0.39, 0.29) is 11.9 Å². The van der Waals surface area contributed by atoms with E-state index in [1.807, 2.05) is 30.0 Å². The molecule has 1 atom stereocenters. The molecule has 0 aliphatic carbocycles. The molecule has 100 valence electrons. The molecule has 0 aromatic carbocycles. The van der Waals surface area contributed by atoms with Gasteiger partial charge >= 0.3 is 0 Å². The van der Waals surface area contributed by atoms with Gasteiger partial charge in [0.15, 0.2) is 0 Å². The van der Waals surface area contributed by atoms with Crippen molar-refractivity contribution in [1.29, 1.82) is 0 Å². The van der Waals surface area contributed by atoms with Crippen LogP contribution in [-0.2, 0) is 11.2 Å². The Morgan fingerprint density at radius 2 is 2.22 bits per heavy atom. The minimum Gasteiger partial charge on any atom is -0.342 e. The van der Waals surface area contributed by atoms with Gasteiger partial charge in [0, 0.05) is 43.9 Å². The molecular weight excluding hydrogens is 226 g/mol. The number of rotatable bonds is 7. The van der Waals surface area contributed by atoms with E-state index in [9.17, 15) is 4.79 Å². The van der Waals surface area contributed by atoms with Crippen molar-refractivity contribution in [1.82, 2.24) is 9.88 Å². The minimum atomic E-state index is -0.0771. The van der Waals surface area contributed by atoms with Crippen molar-refractivity contribution in [3.63, 3.8) is 0 Å². The Kier molecular flexibility index (Phi) is 6.36. The van der Waals surface area contributed by atoms with E-state index in [1.54, 1.807) is 6.20 Å². The van der Waals surface area contributed by atoms with Crippen molar-refractivity contribution >= 4 is 5.91 Å². The van der Waals surface area contributed by atoms with Crippen molar-refractivity contribution in [2.75, 3.05) is 13.1 Å². The number of pyridine rings is 1. The molecule has 4 heteroatoms. The van der Waals surface area contributed by atoms with E-state index in [0.717, 1.165) is 31.6 Å². The first-order valence-corrected chi connectivity index (χ1v) is 6.56. The number of carbonyl (C=O) groups excluding carboxylic acids is 1. The normalized spacial score (nSPS) is 12.2. The lowest BCUT2D eigenvalue weighted by Gasteiger charge is -2.22. The maximum atomic E-state index is 12.0. The van der Waals surface area contributed by atoms with E-state index in [0.29, 0.717) is 6.42 Å². The third-order valence-electron chi connectivity index (χ3n) is 2.71. The maximum Gasteiger partial charge on any atom is 0.224 e. The Balaban J connectivity index is 2.50. The van der Waals surface area contributed by atoms with Crippen molar-refractivity contribution < 1.29 is 4.79 Å². The van der Waals surface area contributed by atoms with Gasteiger partial charge in [-0.1, -0.05) is 13.0 Å². The van der Waals surface area contributed by atoms with Gasteiger partial charge in [-0.25, -0.2) is 0 Å². The van der Waals surface area contributed by atoms with Gasteiger partial charge in [-0.05, 0) is 25.5 Å². The largest absolute Gasteiger partial charge is 0.342 e. The first-order chi connectivity index (χ1) is 8.63. The summed E-state index contributed by atoms with van der Waals surface area (Å²) in [5.74, 6) is 0.141. The van der Waals surface area contributed by atoms with Crippen LogP contribution in [0.15, 0.2) is 24.4 Å². The Morgan fingerprint density at radius 3 is 2.78 bits per heavy atom. The number of nitrogens with two attached hydrogens (primary N) is 1. The first-order valence-electron chi connectivity index (χ1n) is 6.56. The number of carbonyl (C=O) groups is 1. The van der Waals surface area contributed by atoms with Gasteiger partial charge in [0.05, 0.1) is 0 Å². The Labute approximate surface area is 109 Å². The molecule has 0 fully saturated rings. The highest BCUT2D eigenvalue weighted by Crippen LogP contribution is 2.02. The third kappa shape index (κ3) is 5.27. The molecule has 1 amide bonds. The molecule has 1 rings (SSSR count). The number of aromatic nitrogens is 1. The van der Waals surface area contributed by atoms with Crippen LogP contribution in [0, 0.1) is 0 Å². The van der Waals surface area contributed by atoms with E-state index >= 15 is 0 Å². The van der Waals surface area contributed by atoms with Crippen LogP contribution in [-0.4, -0.2) is 34.9 Å². The molecule has 0 saturated carbocycles. The summed E-state index contributed by atoms with van der Waals surface area (Å²) in [6.45, 7) is 5.45. The van der Waals surface area contributed by atoms with Crippen LogP contribution >= 0.6 is 0 Å². The van der Waals surface area contributed by atoms with Crippen LogP contribution in [0.4, 0.5) is 0 Å². The summed E-state index contributed by atoms with van der Waals surface area (Å²) in [4.78, 5) is 18.1. The molecule has 18 heavy (non-hydrogen) atoms. The SMILES string of the molecule is CCCN(CCc1ccccn1)C(=O)CC(C)N. The van der Waals surface area contributed by atoms with E-state index in [4.69, 9.17) is 5.73 Å². The molecule has 1 unspecified atom stereocenters. The molecule has 1 aromatic rings. The van der Waals surface area contributed by atoms with Gasteiger partial charge < -0.3 is 10.6 Å². The van der Waals surface area contributed by atoms with Gasteiger partial charge in [-0.3, -0.25) is 9.78 Å². The molecule has 0 bridgehead atoms. The second kappa shape index (κ2) is 7.82. The quantitative estimate of drug-likeness (QED) is 0.798. The predicted molar refractivity (Wildman–Crippen MR) is 73.1 cm³/mol. The van der Waals surface area contributed by atoms with Gasteiger partial charge in [-0.15, -0.1) is 0 Å². The molecule has 0 radical (unpaired) electrons. The third-order valence-corrected chi connectivity index (χ3v) is 2.71. The molecule has 0 aliphatic rings. The van der Waals surface area contributed by atoms with Gasteiger partial charge in [0.1, 0.15) is 0 Å². The van der Waals surface area contributed by atoms with E-state index in [1.165, 1.54) is 0 Å². The van der Waals surface area contributed by atoms with Crippen LogP contribution in [0.2, 0.25) is 0 Å². The zero-order valence-corrected chi connectivity index (χ0v) is 11.3. The lowest BCUT2D eigenvalue weighted by Crippen LogP contribution is -2.36. The smallest absolute Gasteiger partial charge is 0.224 e. The van der Waals surface area contributed by atoms with Crippen molar-refractivity contribution in [2.24, 2.45) is 5.73 Å². The summed E-state index contributed by atoms with van der Waals surface area (Å²) < 4.78 is 0. The van der Waals surface area contributed by atoms with Crippen molar-refractivity contribution in [3.8, 4) is 0 Å². The van der Waals surface area contributed by atoms with E-state index in [2.05, 4.69) is 11.9 Å². The Bertz CT molecular complexity index is 351. The highest BCUT2D eigenvalue weighted by Gasteiger charge is 2.14. The summed E-state index contributed by atoms with van der Waals surface area (Å²) in [5, 5.41) is 0. The summed E-state index contributed by atoms with van der Waals surface area (Å²) in [5.41, 5.74) is 6.70. The number of nitrogens with zero attached hydrogens (tertiary/aromatic N) is 2. The van der Waals surface area contributed by atoms with E-state index < -0.39 is 0 Å². The molecule has 0 saturated heterocycles.